The van der Waals surface area contributed by atoms with Crippen LogP contribution in [0, 0.1) is 0 Å². The van der Waals surface area contributed by atoms with Gasteiger partial charge >= 0.3 is 11.9 Å². The molecule has 0 aliphatic heterocycles. The molecule has 1 amide bonds. The van der Waals surface area contributed by atoms with Crippen LogP contribution in [0.25, 0.3) is 0 Å². The zero-order valence-electron chi connectivity index (χ0n) is 11.8. The van der Waals surface area contributed by atoms with Gasteiger partial charge in [0.2, 0.25) is 5.91 Å². The topological polar surface area (TPSA) is 81.7 Å². The summed E-state index contributed by atoms with van der Waals surface area (Å²) in [5.41, 5.74) is 0. The van der Waals surface area contributed by atoms with Crippen molar-refractivity contribution in [2.45, 2.75) is 46.3 Å². The van der Waals surface area contributed by atoms with Crippen LogP contribution in [0.5, 0.6) is 0 Å². The summed E-state index contributed by atoms with van der Waals surface area (Å²) in [6.45, 7) is 6.92. The predicted octanol–water partition coefficient (Wildman–Crippen LogP) is 0.952. The van der Waals surface area contributed by atoms with E-state index in [0.717, 1.165) is 12.2 Å². The normalized spacial score (nSPS) is 12.3. The molecule has 0 aliphatic rings. The van der Waals surface area contributed by atoms with E-state index in [-0.39, 0.29) is 24.7 Å². The molecule has 0 aromatic rings. The largest absolute Gasteiger partial charge is 0.460 e. The van der Waals surface area contributed by atoms with Gasteiger partial charge in [-0.15, -0.1) is 0 Å². The van der Waals surface area contributed by atoms with Crippen molar-refractivity contribution < 1.29 is 23.9 Å². The van der Waals surface area contributed by atoms with Gasteiger partial charge in [0.25, 0.3) is 0 Å². The van der Waals surface area contributed by atoms with Gasteiger partial charge in [0, 0.05) is 18.6 Å². The van der Waals surface area contributed by atoms with Crippen molar-refractivity contribution in [1.29, 1.82) is 0 Å². The van der Waals surface area contributed by atoms with Gasteiger partial charge in [-0.1, -0.05) is 6.92 Å². The highest BCUT2D eigenvalue weighted by Gasteiger charge is 2.08. The van der Waals surface area contributed by atoms with Crippen LogP contribution in [0.15, 0.2) is 12.2 Å². The average Bonchev–Trinajstić information content (AvgIpc) is 2.32. The maximum atomic E-state index is 11.3. The van der Waals surface area contributed by atoms with E-state index < -0.39 is 11.9 Å². The van der Waals surface area contributed by atoms with Crippen LogP contribution in [0.2, 0.25) is 0 Å². The fourth-order valence-corrected chi connectivity index (χ4v) is 1.08. The minimum absolute atomic E-state index is 0.0497. The summed E-state index contributed by atoms with van der Waals surface area (Å²) in [5, 5.41) is 2.64. The van der Waals surface area contributed by atoms with Crippen molar-refractivity contribution in [3.8, 4) is 0 Å². The number of carbonyl (C=O) groups excluding carboxylic acids is 3. The average molecular weight is 271 g/mol. The fraction of sp³-hybridized carbons (Fsp3) is 0.615. The maximum Gasteiger partial charge on any atom is 0.331 e. The molecule has 1 N–H and O–H groups in total. The Hall–Kier alpha value is -1.85. The molecule has 0 fully saturated rings. The van der Waals surface area contributed by atoms with Crippen LogP contribution >= 0.6 is 0 Å². The monoisotopic (exact) mass is 271 g/mol. The summed E-state index contributed by atoms with van der Waals surface area (Å²) in [7, 11) is 0. The molecule has 0 saturated heterocycles. The molecule has 0 bridgehead atoms. The molecule has 0 rings (SSSR count). The lowest BCUT2D eigenvalue weighted by molar-refractivity contribution is -0.143. The molecule has 1 atom stereocenters. The van der Waals surface area contributed by atoms with E-state index >= 15 is 0 Å². The molecular weight excluding hydrogens is 250 g/mol. The molecule has 0 heterocycles. The predicted molar refractivity (Wildman–Crippen MR) is 69.2 cm³/mol. The number of nitrogens with one attached hydrogen (secondary N) is 1. The summed E-state index contributed by atoms with van der Waals surface area (Å²) in [6, 6.07) is -0.271. The molecule has 0 aliphatic carbocycles. The lowest BCUT2D eigenvalue weighted by Crippen LogP contribution is -2.35. The van der Waals surface area contributed by atoms with Crippen molar-refractivity contribution >= 4 is 17.8 Å². The van der Waals surface area contributed by atoms with Crippen molar-refractivity contribution in [3.63, 3.8) is 0 Å². The SMILES string of the molecule is CCC(=O)NC(C)COC(=O)/C=C/C(=O)OC(C)C. The standard InChI is InChI=1S/C13H21NO5/c1-5-11(15)14-10(4)8-18-12(16)6-7-13(17)19-9(2)3/h6-7,9-10H,5,8H2,1-4H3,(H,14,15)/b7-6+. The first-order valence-corrected chi connectivity index (χ1v) is 6.20. The van der Waals surface area contributed by atoms with E-state index in [2.05, 4.69) is 5.32 Å². The number of hydrogen-bond donors (Lipinski definition) is 1. The Labute approximate surface area is 113 Å². The van der Waals surface area contributed by atoms with Gasteiger partial charge < -0.3 is 14.8 Å². The van der Waals surface area contributed by atoms with Crippen LogP contribution < -0.4 is 5.32 Å². The Balaban J connectivity index is 3.95. The smallest absolute Gasteiger partial charge is 0.331 e. The third kappa shape index (κ3) is 9.82. The van der Waals surface area contributed by atoms with Gasteiger partial charge in [0.05, 0.1) is 12.1 Å². The zero-order chi connectivity index (χ0) is 14.8. The highest BCUT2D eigenvalue weighted by Crippen LogP contribution is 1.92. The molecule has 0 spiro atoms. The minimum atomic E-state index is -0.654. The molecular formula is C13H21NO5. The van der Waals surface area contributed by atoms with Crippen LogP contribution in [0.3, 0.4) is 0 Å². The molecule has 6 nitrogen and oxygen atoms in total. The summed E-state index contributed by atoms with van der Waals surface area (Å²) < 4.78 is 9.66. The zero-order valence-corrected chi connectivity index (χ0v) is 11.8. The van der Waals surface area contributed by atoms with E-state index in [1.807, 2.05) is 0 Å². The van der Waals surface area contributed by atoms with Gasteiger partial charge in [-0.25, -0.2) is 9.59 Å². The quantitative estimate of drug-likeness (QED) is 0.550. The Kier molecular flexibility index (Phi) is 8.24. The summed E-state index contributed by atoms with van der Waals surface area (Å²) in [6.07, 6.45) is 2.15. The highest BCUT2D eigenvalue weighted by molar-refractivity contribution is 5.91. The lowest BCUT2D eigenvalue weighted by atomic mass is 10.3. The Morgan fingerprint density at radius 2 is 1.68 bits per heavy atom. The molecule has 1 unspecified atom stereocenters. The van der Waals surface area contributed by atoms with Crippen molar-refractivity contribution in [2.24, 2.45) is 0 Å². The Morgan fingerprint density at radius 1 is 1.11 bits per heavy atom. The van der Waals surface area contributed by atoms with Crippen molar-refractivity contribution in [2.75, 3.05) is 6.61 Å². The van der Waals surface area contributed by atoms with Gasteiger partial charge in [0.1, 0.15) is 6.61 Å². The number of rotatable bonds is 7. The first kappa shape index (κ1) is 17.2. The molecule has 6 heteroatoms. The minimum Gasteiger partial charge on any atom is -0.460 e. The first-order valence-electron chi connectivity index (χ1n) is 6.20. The second-order valence-corrected chi connectivity index (χ2v) is 4.27. The van der Waals surface area contributed by atoms with Gasteiger partial charge in [-0.3, -0.25) is 4.79 Å². The fourth-order valence-electron chi connectivity index (χ4n) is 1.08. The number of esters is 2. The molecule has 0 aromatic carbocycles. The Bertz CT molecular complexity index is 349. The van der Waals surface area contributed by atoms with E-state index in [0.29, 0.717) is 6.42 Å². The summed E-state index contributed by atoms with van der Waals surface area (Å²) in [5.74, 6) is -1.36. The van der Waals surface area contributed by atoms with Crippen LogP contribution in [0.1, 0.15) is 34.1 Å². The number of amides is 1. The number of hydrogen-bond acceptors (Lipinski definition) is 5. The number of carbonyl (C=O) groups is 3. The molecule has 19 heavy (non-hydrogen) atoms. The van der Waals surface area contributed by atoms with E-state index in [1.165, 1.54) is 0 Å². The molecule has 108 valence electrons. The highest BCUT2D eigenvalue weighted by atomic mass is 16.5. The summed E-state index contributed by atoms with van der Waals surface area (Å²) in [4.78, 5) is 33.4. The second-order valence-electron chi connectivity index (χ2n) is 4.27. The molecule has 0 aromatic heterocycles. The van der Waals surface area contributed by atoms with Gasteiger partial charge in [-0.05, 0) is 20.8 Å². The van der Waals surface area contributed by atoms with Crippen LogP contribution in [-0.2, 0) is 23.9 Å². The third-order valence-corrected chi connectivity index (χ3v) is 1.91. The van der Waals surface area contributed by atoms with Gasteiger partial charge in [-0.2, -0.15) is 0 Å². The van der Waals surface area contributed by atoms with Crippen molar-refractivity contribution in [1.82, 2.24) is 5.32 Å². The summed E-state index contributed by atoms with van der Waals surface area (Å²) >= 11 is 0. The Morgan fingerprint density at radius 3 is 2.21 bits per heavy atom. The second kappa shape index (κ2) is 9.13. The van der Waals surface area contributed by atoms with E-state index in [9.17, 15) is 14.4 Å². The maximum absolute atomic E-state index is 11.3. The van der Waals surface area contributed by atoms with Gasteiger partial charge in [0.15, 0.2) is 0 Å². The van der Waals surface area contributed by atoms with Crippen LogP contribution in [-0.4, -0.2) is 36.6 Å². The van der Waals surface area contributed by atoms with E-state index in [1.54, 1.807) is 27.7 Å². The van der Waals surface area contributed by atoms with Crippen molar-refractivity contribution in [3.05, 3.63) is 12.2 Å². The first-order chi connectivity index (χ1) is 8.85. The molecule has 0 saturated carbocycles. The van der Waals surface area contributed by atoms with E-state index in [4.69, 9.17) is 9.47 Å². The third-order valence-electron chi connectivity index (χ3n) is 1.91. The molecule has 0 radical (unpaired) electrons. The van der Waals surface area contributed by atoms with Crippen LogP contribution in [0.4, 0.5) is 0 Å². The number of ether oxygens (including phenoxy) is 2. The lowest BCUT2D eigenvalue weighted by Gasteiger charge is -2.12.